The third kappa shape index (κ3) is 2.11. The van der Waals surface area contributed by atoms with E-state index in [-0.39, 0.29) is 0 Å². The van der Waals surface area contributed by atoms with Crippen molar-refractivity contribution in [2.75, 3.05) is 0 Å². The van der Waals surface area contributed by atoms with Gasteiger partial charge in [0, 0.05) is 7.14 Å². The summed E-state index contributed by atoms with van der Waals surface area (Å²) in [6, 6.07) is 17.7. The largest absolute Gasteiger partial charge is 0.0616 e. The van der Waals surface area contributed by atoms with Crippen molar-refractivity contribution in [1.82, 2.24) is 0 Å². The summed E-state index contributed by atoms with van der Waals surface area (Å²) in [7, 11) is 0. The number of benzene rings is 2. The van der Waals surface area contributed by atoms with Crippen molar-refractivity contribution >= 4 is 45.2 Å². The van der Waals surface area contributed by atoms with Gasteiger partial charge in [-0.05, 0) is 68.4 Å². The van der Waals surface area contributed by atoms with Gasteiger partial charge in [0.2, 0.25) is 0 Å². The first-order valence-corrected chi connectivity index (χ1v) is 6.36. The van der Waals surface area contributed by atoms with Crippen LogP contribution >= 0.6 is 45.2 Å². The zero-order chi connectivity index (χ0) is 9.97. The molecule has 0 saturated heterocycles. The Hall–Kier alpha value is -0.100. The SMILES string of the molecule is Ic1[c]cccc1-c1ccccc1I. The summed E-state index contributed by atoms with van der Waals surface area (Å²) in [6.45, 7) is 0. The molecule has 2 aromatic carbocycles. The Morgan fingerprint density at radius 2 is 1.57 bits per heavy atom. The molecule has 14 heavy (non-hydrogen) atoms. The summed E-state index contributed by atoms with van der Waals surface area (Å²) in [5.74, 6) is 0. The number of hydrogen-bond acceptors (Lipinski definition) is 0. The van der Waals surface area contributed by atoms with Crippen LogP contribution in [0.4, 0.5) is 0 Å². The minimum atomic E-state index is 1.18. The van der Waals surface area contributed by atoms with Crippen LogP contribution < -0.4 is 0 Å². The molecule has 0 nitrogen and oxygen atoms in total. The molecule has 0 amide bonds. The Labute approximate surface area is 111 Å². The first kappa shape index (κ1) is 10.4. The smallest absolute Gasteiger partial charge is 0.0287 e. The van der Waals surface area contributed by atoms with Gasteiger partial charge < -0.3 is 0 Å². The van der Waals surface area contributed by atoms with E-state index < -0.39 is 0 Å². The van der Waals surface area contributed by atoms with E-state index in [1.54, 1.807) is 0 Å². The third-order valence-electron chi connectivity index (χ3n) is 1.97. The molecule has 0 aliphatic carbocycles. The van der Waals surface area contributed by atoms with Crippen molar-refractivity contribution in [2.24, 2.45) is 0 Å². The number of rotatable bonds is 1. The minimum absolute atomic E-state index is 1.18. The molecule has 0 heterocycles. The summed E-state index contributed by atoms with van der Waals surface area (Å²) >= 11 is 4.68. The maximum absolute atomic E-state index is 3.21. The monoisotopic (exact) mass is 405 g/mol. The van der Waals surface area contributed by atoms with E-state index in [2.05, 4.69) is 81.6 Å². The maximum atomic E-state index is 3.21. The van der Waals surface area contributed by atoms with Gasteiger partial charge in [-0.2, -0.15) is 0 Å². The molecule has 0 aliphatic rings. The van der Waals surface area contributed by atoms with Crippen molar-refractivity contribution in [3.05, 3.63) is 55.7 Å². The molecule has 0 fully saturated rings. The van der Waals surface area contributed by atoms with Gasteiger partial charge >= 0.3 is 0 Å². The lowest BCUT2D eigenvalue weighted by Gasteiger charge is -2.05. The van der Waals surface area contributed by atoms with E-state index in [0.717, 1.165) is 0 Å². The van der Waals surface area contributed by atoms with Crippen molar-refractivity contribution in [2.45, 2.75) is 0 Å². The van der Waals surface area contributed by atoms with Crippen molar-refractivity contribution in [3.8, 4) is 11.1 Å². The highest BCUT2D eigenvalue weighted by molar-refractivity contribution is 14.1. The Morgan fingerprint density at radius 1 is 0.857 bits per heavy atom. The second kappa shape index (κ2) is 4.61. The molecule has 2 rings (SSSR count). The van der Waals surface area contributed by atoms with E-state index in [0.29, 0.717) is 0 Å². The zero-order valence-electron chi connectivity index (χ0n) is 7.30. The molecule has 1 radical (unpaired) electrons. The van der Waals surface area contributed by atoms with Gasteiger partial charge in [-0.3, -0.25) is 0 Å². The van der Waals surface area contributed by atoms with Gasteiger partial charge in [0.1, 0.15) is 0 Å². The predicted octanol–water partition coefficient (Wildman–Crippen LogP) is 4.36. The lowest BCUT2D eigenvalue weighted by Crippen LogP contribution is -1.85. The molecule has 2 aromatic rings. The zero-order valence-corrected chi connectivity index (χ0v) is 11.6. The third-order valence-corrected chi connectivity index (χ3v) is 3.80. The van der Waals surface area contributed by atoms with Crippen LogP contribution in [0.5, 0.6) is 0 Å². The molecular formula is C12H7I2. The molecule has 0 unspecified atom stereocenters. The second-order valence-corrected chi connectivity index (χ2v) is 5.12. The molecular weight excluding hydrogens is 398 g/mol. The standard InChI is InChI=1S/C12H7I2/c13-11-7-3-1-5-9(11)10-6-2-4-8-12(10)14/h1-7H. The first-order valence-electron chi connectivity index (χ1n) is 4.20. The molecule has 0 spiro atoms. The fourth-order valence-corrected chi connectivity index (χ4v) is 2.63. The Kier molecular flexibility index (Phi) is 3.43. The Morgan fingerprint density at radius 3 is 2.29 bits per heavy atom. The summed E-state index contributed by atoms with van der Waals surface area (Å²) in [4.78, 5) is 0. The van der Waals surface area contributed by atoms with Gasteiger partial charge in [-0.25, -0.2) is 0 Å². The van der Waals surface area contributed by atoms with Gasteiger partial charge in [0.15, 0.2) is 0 Å². The van der Waals surface area contributed by atoms with Crippen LogP contribution in [0.25, 0.3) is 11.1 Å². The van der Waals surface area contributed by atoms with Crippen LogP contribution in [0.3, 0.4) is 0 Å². The first-order chi connectivity index (χ1) is 6.79. The fraction of sp³-hybridized carbons (Fsp3) is 0. The topological polar surface area (TPSA) is 0 Å². The van der Waals surface area contributed by atoms with Gasteiger partial charge in [-0.1, -0.05) is 36.4 Å². The average molecular weight is 405 g/mol. The van der Waals surface area contributed by atoms with Crippen LogP contribution in [0.2, 0.25) is 0 Å². The highest BCUT2D eigenvalue weighted by Gasteiger charge is 2.04. The molecule has 0 bridgehead atoms. The summed E-state index contributed by atoms with van der Waals surface area (Å²) in [5.41, 5.74) is 2.55. The van der Waals surface area contributed by atoms with Gasteiger partial charge in [0.05, 0.1) is 0 Å². The summed E-state index contributed by atoms with van der Waals surface area (Å²) < 4.78 is 2.46. The second-order valence-electron chi connectivity index (χ2n) is 2.88. The highest BCUT2D eigenvalue weighted by atomic mass is 127. The Bertz CT molecular complexity index is 406. The number of halogens is 2. The van der Waals surface area contributed by atoms with Crippen molar-refractivity contribution < 1.29 is 0 Å². The molecule has 0 aromatic heterocycles. The van der Waals surface area contributed by atoms with Crippen LogP contribution in [0, 0.1) is 13.2 Å². The van der Waals surface area contributed by atoms with Crippen LogP contribution in [0.15, 0.2) is 42.5 Å². The summed E-state index contributed by atoms with van der Waals surface area (Å²) in [6.07, 6.45) is 0. The maximum Gasteiger partial charge on any atom is 0.0287 e. The normalized spacial score (nSPS) is 10.1. The fourth-order valence-electron chi connectivity index (χ4n) is 1.30. The molecule has 0 atom stereocenters. The van der Waals surface area contributed by atoms with Crippen molar-refractivity contribution in [1.29, 1.82) is 0 Å². The van der Waals surface area contributed by atoms with Crippen LogP contribution in [-0.2, 0) is 0 Å². The van der Waals surface area contributed by atoms with E-state index in [1.807, 2.05) is 12.1 Å². The lowest BCUT2D eigenvalue weighted by molar-refractivity contribution is 1.54. The minimum Gasteiger partial charge on any atom is -0.0616 e. The molecule has 0 saturated carbocycles. The quantitative estimate of drug-likeness (QED) is 0.619. The molecule has 0 aliphatic heterocycles. The van der Waals surface area contributed by atoms with E-state index >= 15 is 0 Å². The predicted molar refractivity (Wildman–Crippen MR) is 76.1 cm³/mol. The number of hydrogen-bond donors (Lipinski definition) is 0. The lowest BCUT2D eigenvalue weighted by atomic mass is 10.1. The van der Waals surface area contributed by atoms with E-state index in [9.17, 15) is 0 Å². The van der Waals surface area contributed by atoms with E-state index in [4.69, 9.17) is 0 Å². The van der Waals surface area contributed by atoms with E-state index in [1.165, 1.54) is 18.3 Å². The van der Waals surface area contributed by atoms with Crippen LogP contribution in [-0.4, -0.2) is 0 Å². The van der Waals surface area contributed by atoms with Crippen LogP contribution in [0.1, 0.15) is 0 Å². The van der Waals surface area contributed by atoms with Gasteiger partial charge in [0.25, 0.3) is 0 Å². The van der Waals surface area contributed by atoms with Gasteiger partial charge in [-0.15, -0.1) is 0 Å². The molecule has 69 valence electrons. The Balaban J connectivity index is 2.61. The highest BCUT2D eigenvalue weighted by Crippen LogP contribution is 2.28. The van der Waals surface area contributed by atoms with Crippen molar-refractivity contribution in [3.63, 3.8) is 0 Å². The average Bonchev–Trinajstić information content (AvgIpc) is 2.20. The summed E-state index contributed by atoms with van der Waals surface area (Å²) in [5, 5.41) is 0. The molecule has 2 heteroatoms. The molecule has 0 N–H and O–H groups in total.